The number of benzene rings is 2. The summed E-state index contributed by atoms with van der Waals surface area (Å²) in [5.41, 5.74) is 1.78. The second kappa shape index (κ2) is 8.44. The topological polar surface area (TPSA) is 43.4 Å². The number of ketones is 1. The highest BCUT2D eigenvalue weighted by molar-refractivity contribution is 9.10. The van der Waals surface area contributed by atoms with Crippen molar-refractivity contribution in [3.63, 3.8) is 0 Å². The zero-order valence-corrected chi connectivity index (χ0v) is 14.4. The van der Waals surface area contributed by atoms with E-state index in [4.69, 9.17) is 4.74 Å². The summed E-state index contributed by atoms with van der Waals surface area (Å²) in [5, 5.41) is 0. The van der Waals surface area contributed by atoms with Crippen molar-refractivity contribution in [2.75, 3.05) is 6.61 Å². The highest BCUT2D eigenvalue weighted by Crippen LogP contribution is 2.17. The van der Waals surface area contributed by atoms with E-state index in [0.29, 0.717) is 11.1 Å². The van der Waals surface area contributed by atoms with Crippen LogP contribution in [0.1, 0.15) is 29.3 Å². The van der Waals surface area contributed by atoms with Gasteiger partial charge in [-0.25, -0.2) is 4.79 Å². The van der Waals surface area contributed by atoms with Gasteiger partial charge in [0.05, 0.1) is 6.61 Å². The summed E-state index contributed by atoms with van der Waals surface area (Å²) in [4.78, 5) is 24.5. The van der Waals surface area contributed by atoms with E-state index in [0.717, 1.165) is 10.0 Å². The van der Waals surface area contributed by atoms with Crippen LogP contribution >= 0.6 is 15.9 Å². The van der Waals surface area contributed by atoms with Crippen molar-refractivity contribution in [1.29, 1.82) is 0 Å². The Morgan fingerprint density at radius 3 is 2.30 bits per heavy atom. The minimum atomic E-state index is -0.459. The van der Waals surface area contributed by atoms with Crippen LogP contribution in [-0.4, -0.2) is 18.4 Å². The van der Waals surface area contributed by atoms with Crippen molar-refractivity contribution in [2.24, 2.45) is 0 Å². The molecule has 0 aromatic heterocycles. The van der Waals surface area contributed by atoms with Gasteiger partial charge < -0.3 is 4.74 Å². The second-order valence-electron chi connectivity index (χ2n) is 4.91. The monoisotopic (exact) mass is 372 g/mol. The van der Waals surface area contributed by atoms with Crippen LogP contribution in [0.25, 0.3) is 6.08 Å². The van der Waals surface area contributed by atoms with E-state index in [1.54, 1.807) is 37.3 Å². The molecule has 0 N–H and O–H groups in total. The molecule has 0 aliphatic rings. The van der Waals surface area contributed by atoms with Gasteiger partial charge in [0, 0.05) is 22.0 Å². The van der Waals surface area contributed by atoms with Gasteiger partial charge in [0.1, 0.15) is 0 Å². The summed E-state index contributed by atoms with van der Waals surface area (Å²) in [6.07, 6.45) is 1.71. The molecule has 0 heterocycles. The lowest BCUT2D eigenvalue weighted by Crippen LogP contribution is -2.12. The van der Waals surface area contributed by atoms with E-state index in [-0.39, 0.29) is 18.8 Å². The van der Waals surface area contributed by atoms with E-state index < -0.39 is 5.97 Å². The maximum absolute atomic E-state index is 12.4. The number of carbonyl (C=O) groups excluding carboxylic acids is 2. The van der Waals surface area contributed by atoms with Crippen molar-refractivity contribution < 1.29 is 14.3 Å². The third kappa shape index (κ3) is 5.18. The Morgan fingerprint density at radius 2 is 1.70 bits per heavy atom. The van der Waals surface area contributed by atoms with E-state index in [1.807, 2.05) is 30.3 Å². The largest absolute Gasteiger partial charge is 0.463 e. The number of esters is 1. The zero-order valence-electron chi connectivity index (χ0n) is 12.8. The van der Waals surface area contributed by atoms with Crippen LogP contribution in [0.5, 0.6) is 0 Å². The first-order chi connectivity index (χ1) is 11.1. The standard InChI is InChI=1S/C19H17BrO3/c1-2-23-19(22)16(12-14-8-10-17(20)11-9-14)13-18(21)15-6-4-3-5-7-15/h3-12H,2,13H2,1H3/b16-12+. The van der Waals surface area contributed by atoms with Crippen LogP contribution in [0.3, 0.4) is 0 Å². The van der Waals surface area contributed by atoms with Gasteiger partial charge in [0.25, 0.3) is 0 Å². The summed E-state index contributed by atoms with van der Waals surface area (Å²) < 4.78 is 6.02. The van der Waals surface area contributed by atoms with Gasteiger partial charge in [-0.2, -0.15) is 0 Å². The lowest BCUT2D eigenvalue weighted by Gasteiger charge is -2.07. The minimum absolute atomic E-state index is 0.0128. The van der Waals surface area contributed by atoms with Crippen molar-refractivity contribution in [2.45, 2.75) is 13.3 Å². The lowest BCUT2D eigenvalue weighted by molar-refractivity contribution is -0.138. The molecule has 0 amide bonds. The van der Waals surface area contributed by atoms with Crippen LogP contribution in [-0.2, 0) is 9.53 Å². The predicted octanol–water partition coefficient (Wildman–Crippen LogP) is 4.67. The summed E-state index contributed by atoms with van der Waals surface area (Å²) in [6, 6.07) is 16.4. The predicted molar refractivity (Wildman–Crippen MR) is 94.1 cm³/mol. The molecule has 0 unspecified atom stereocenters. The molecule has 2 aromatic rings. The number of carbonyl (C=O) groups is 2. The summed E-state index contributed by atoms with van der Waals surface area (Å²) in [7, 11) is 0. The quantitative estimate of drug-likeness (QED) is 0.420. The Hall–Kier alpha value is -2.20. The molecular weight excluding hydrogens is 356 g/mol. The molecule has 0 radical (unpaired) electrons. The molecule has 2 rings (SSSR count). The average molecular weight is 373 g/mol. The second-order valence-corrected chi connectivity index (χ2v) is 5.82. The van der Waals surface area contributed by atoms with E-state index in [9.17, 15) is 9.59 Å². The zero-order chi connectivity index (χ0) is 16.7. The minimum Gasteiger partial charge on any atom is -0.463 e. The Bertz CT molecular complexity index is 703. The van der Waals surface area contributed by atoms with Crippen molar-refractivity contribution in [3.8, 4) is 0 Å². The molecule has 0 fully saturated rings. The highest BCUT2D eigenvalue weighted by atomic mass is 79.9. The fraction of sp³-hybridized carbons (Fsp3) is 0.158. The van der Waals surface area contributed by atoms with Crippen molar-refractivity contribution in [1.82, 2.24) is 0 Å². The fourth-order valence-electron chi connectivity index (χ4n) is 2.07. The van der Waals surface area contributed by atoms with Crippen LogP contribution in [0.4, 0.5) is 0 Å². The summed E-state index contributed by atoms with van der Waals surface area (Å²) in [5.74, 6) is -0.568. The number of rotatable bonds is 6. The van der Waals surface area contributed by atoms with Crippen LogP contribution < -0.4 is 0 Å². The van der Waals surface area contributed by atoms with Gasteiger partial charge in [-0.3, -0.25) is 4.79 Å². The van der Waals surface area contributed by atoms with Crippen LogP contribution in [0, 0.1) is 0 Å². The fourth-order valence-corrected chi connectivity index (χ4v) is 2.33. The Balaban J connectivity index is 2.25. The number of Topliss-reactive ketones (excluding diaryl/α,β-unsaturated/α-hetero) is 1. The lowest BCUT2D eigenvalue weighted by atomic mass is 10.0. The average Bonchev–Trinajstić information content (AvgIpc) is 2.57. The molecule has 118 valence electrons. The Kier molecular flexibility index (Phi) is 6.29. The number of ether oxygens (including phenoxy) is 1. The molecule has 4 heteroatoms. The molecule has 0 atom stereocenters. The van der Waals surface area contributed by atoms with Gasteiger partial charge in [0.2, 0.25) is 0 Å². The van der Waals surface area contributed by atoms with Crippen LogP contribution in [0.15, 0.2) is 64.6 Å². The molecule has 2 aromatic carbocycles. The SMILES string of the molecule is CCOC(=O)/C(=C/c1ccc(Br)cc1)CC(=O)c1ccccc1. The van der Waals surface area contributed by atoms with E-state index in [1.165, 1.54) is 0 Å². The summed E-state index contributed by atoms with van der Waals surface area (Å²) in [6.45, 7) is 2.02. The molecule has 0 saturated carbocycles. The Morgan fingerprint density at radius 1 is 1.04 bits per heavy atom. The number of hydrogen-bond donors (Lipinski definition) is 0. The van der Waals surface area contributed by atoms with Gasteiger partial charge in [-0.05, 0) is 30.7 Å². The van der Waals surface area contributed by atoms with Gasteiger partial charge in [-0.15, -0.1) is 0 Å². The molecule has 23 heavy (non-hydrogen) atoms. The van der Waals surface area contributed by atoms with E-state index in [2.05, 4.69) is 15.9 Å². The van der Waals surface area contributed by atoms with Crippen LogP contribution in [0.2, 0.25) is 0 Å². The molecule has 3 nitrogen and oxygen atoms in total. The first kappa shape index (κ1) is 17.2. The highest BCUT2D eigenvalue weighted by Gasteiger charge is 2.16. The Labute approximate surface area is 144 Å². The van der Waals surface area contributed by atoms with Gasteiger partial charge >= 0.3 is 5.97 Å². The van der Waals surface area contributed by atoms with Crippen molar-refractivity contribution in [3.05, 3.63) is 75.8 Å². The normalized spacial score (nSPS) is 11.1. The van der Waals surface area contributed by atoms with Gasteiger partial charge in [-0.1, -0.05) is 58.4 Å². The maximum atomic E-state index is 12.4. The molecule has 0 bridgehead atoms. The number of hydrogen-bond acceptors (Lipinski definition) is 3. The number of halogens is 1. The van der Waals surface area contributed by atoms with Crippen molar-refractivity contribution >= 4 is 33.8 Å². The maximum Gasteiger partial charge on any atom is 0.334 e. The van der Waals surface area contributed by atoms with Gasteiger partial charge in [0.15, 0.2) is 5.78 Å². The molecule has 0 saturated heterocycles. The molecule has 0 spiro atoms. The first-order valence-corrected chi connectivity index (χ1v) is 8.11. The first-order valence-electron chi connectivity index (χ1n) is 7.31. The molecular formula is C19H17BrO3. The molecule has 0 aliphatic heterocycles. The summed E-state index contributed by atoms with van der Waals surface area (Å²) >= 11 is 3.37. The smallest absolute Gasteiger partial charge is 0.334 e. The third-order valence-electron chi connectivity index (χ3n) is 3.20. The van der Waals surface area contributed by atoms with E-state index >= 15 is 0 Å². The third-order valence-corrected chi connectivity index (χ3v) is 3.72. The molecule has 0 aliphatic carbocycles.